The second-order valence-electron chi connectivity index (χ2n) is 6.99. The van der Waals surface area contributed by atoms with Crippen LogP contribution < -0.4 is 4.72 Å². The monoisotopic (exact) mass is 391 g/mol. The molecule has 1 aromatic heterocycles. The molecule has 1 N–H and O–H groups in total. The third-order valence-corrected chi connectivity index (χ3v) is 5.94. The number of benzene rings is 3. The molecule has 5 nitrogen and oxygen atoms in total. The molecule has 28 heavy (non-hydrogen) atoms. The van der Waals surface area contributed by atoms with Crippen molar-refractivity contribution < 1.29 is 8.42 Å². The van der Waals surface area contributed by atoms with Gasteiger partial charge in [-0.15, -0.1) is 0 Å². The number of fused-ring (bicyclic) bond motifs is 1. The highest BCUT2D eigenvalue weighted by atomic mass is 32.2. The van der Waals surface area contributed by atoms with Gasteiger partial charge in [0, 0.05) is 6.54 Å². The van der Waals surface area contributed by atoms with E-state index in [1.807, 2.05) is 48.7 Å². The summed E-state index contributed by atoms with van der Waals surface area (Å²) >= 11 is 0. The highest BCUT2D eigenvalue weighted by molar-refractivity contribution is 7.92. The fourth-order valence-corrected chi connectivity index (χ4v) is 4.57. The minimum atomic E-state index is -3.65. The van der Waals surface area contributed by atoms with Crippen LogP contribution in [0.5, 0.6) is 0 Å². The molecule has 0 fully saturated rings. The van der Waals surface area contributed by atoms with E-state index in [-0.39, 0.29) is 4.90 Å². The molecule has 0 saturated carbocycles. The summed E-state index contributed by atoms with van der Waals surface area (Å²) in [6.07, 6.45) is 1.78. The summed E-state index contributed by atoms with van der Waals surface area (Å²) in [4.78, 5) is 4.70. The van der Waals surface area contributed by atoms with Gasteiger partial charge in [-0.05, 0) is 60.9 Å². The van der Waals surface area contributed by atoms with Crippen molar-refractivity contribution in [3.63, 3.8) is 0 Å². The first kappa shape index (κ1) is 18.3. The van der Waals surface area contributed by atoms with E-state index in [0.29, 0.717) is 12.2 Å². The number of aromatic nitrogens is 2. The van der Waals surface area contributed by atoms with Crippen molar-refractivity contribution in [1.82, 2.24) is 9.55 Å². The van der Waals surface area contributed by atoms with Gasteiger partial charge in [-0.2, -0.15) is 0 Å². The zero-order valence-corrected chi connectivity index (χ0v) is 16.6. The lowest BCUT2D eigenvalue weighted by Gasteiger charge is -2.10. The lowest BCUT2D eigenvalue weighted by atomic mass is 10.2. The molecule has 0 aliphatic heterocycles. The van der Waals surface area contributed by atoms with Crippen molar-refractivity contribution in [2.45, 2.75) is 25.3 Å². The minimum absolute atomic E-state index is 0.264. The second-order valence-corrected chi connectivity index (χ2v) is 8.67. The number of hydrogen-bond acceptors (Lipinski definition) is 3. The van der Waals surface area contributed by atoms with Crippen molar-refractivity contribution in [1.29, 1.82) is 0 Å². The van der Waals surface area contributed by atoms with Gasteiger partial charge < -0.3 is 4.57 Å². The molecule has 4 rings (SSSR count). The zero-order valence-electron chi connectivity index (χ0n) is 15.8. The molecular weight excluding hydrogens is 370 g/mol. The smallest absolute Gasteiger partial charge is 0.261 e. The van der Waals surface area contributed by atoms with Gasteiger partial charge in [0.25, 0.3) is 10.0 Å². The SMILES string of the molecule is Cc1cc(C)cc(S(=O)(=O)Nc2ccc3c(c2)ncn3Cc2ccccc2)c1. The van der Waals surface area contributed by atoms with Crippen LogP contribution >= 0.6 is 0 Å². The summed E-state index contributed by atoms with van der Waals surface area (Å²) in [6, 6.07) is 20.9. The average Bonchev–Trinajstić information content (AvgIpc) is 3.03. The Hall–Kier alpha value is -3.12. The molecule has 142 valence electrons. The lowest BCUT2D eigenvalue weighted by molar-refractivity contribution is 0.601. The van der Waals surface area contributed by atoms with Crippen LogP contribution in [0, 0.1) is 13.8 Å². The Balaban J connectivity index is 1.62. The fraction of sp³-hybridized carbons (Fsp3) is 0.136. The van der Waals surface area contributed by atoms with E-state index in [4.69, 9.17) is 0 Å². The van der Waals surface area contributed by atoms with E-state index in [1.165, 1.54) is 5.56 Å². The van der Waals surface area contributed by atoms with E-state index in [2.05, 4.69) is 21.8 Å². The molecule has 0 radical (unpaired) electrons. The van der Waals surface area contributed by atoms with E-state index >= 15 is 0 Å². The first-order valence-corrected chi connectivity index (χ1v) is 10.5. The Morgan fingerprint density at radius 3 is 2.36 bits per heavy atom. The van der Waals surface area contributed by atoms with Crippen LogP contribution in [0.2, 0.25) is 0 Å². The molecule has 4 aromatic rings. The predicted molar refractivity (Wildman–Crippen MR) is 112 cm³/mol. The van der Waals surface area contributed by atoms with Gasteiger partial charge in [-0.25, -0.2) is 13.4 Å². The van der Waals surface area contributed by atoms with Crippen LogP contribution in [0.4, 0.5) is 5.69 Å². The number of nitrogens with one attached hydrogen (secondary N) is 1. The van der Waals surface area contributed by atoms with Crippen LogP contribution in [-0.4, -0.2) is 18.0 Å². The Labute approximate surface area is 164 Å². The zero-order chi connectivity index (χ0) is 19.7. The molecule has 0 amide bonds. The topological polar surface area (TPSA) is 64.0 Å². The maximum atomic E-state index is 12.8. The number of rotatable bonds is 5. The third-order valence-electron chi connectivity index (χ3n) is 4.57. The van der Waals surface area contributed by atoms with Crippen molar-refractivity contribution in [2.75, 3.05) is 4.72 Å². The number of nitrogens with zero attached hydrogens (tertiary/aromatic N) is 2. The molecule has 0 unspecified atom stereocenters. The molecule has 1 heterocycles. The normalized spacial score (nSPS) is 11.6. The second kappa shape index (κ2) is 7.13. The third kappa shape index (κ3) is 3.77. The van der Waals surface area contributed by atoms with Crippen molar-refractivity contribution >= 4 is 26.7 Å². The van der Waals surface area contributed by atoms with Gasteiger partial charge in [0.1, 0.15) is 0 Å². The first-order chi connectivity index (χ1) is 13.4. The van der Waals surface area contributed by atoms with Gasteiger partial charge in [-0.3, -0.25) is 4.72 Å². The Morgan fingerprint density at radius 1 is 0.929 bits per heavy atom. The lowest BCUT2D eigenvalue weighted by Crippen LogP contribution is -2.13. The maximum absolute atomic E-state index is 12.8. The predicted octanol–water partition coefficient (Wildman–Crippen LogP) is 4.50. The number of aryl methyl sites for hydroxylation is 2. The average molecular weight is 391 g/mol. The van der Waals surface area contributed by atoms with Gasteiger partial charge in [0.05, 0.1) is 27.9 Å². The molecule has 0 bridgehead atoms. The number of sulfonamides is 1. The van der Waals surface area contributed by atoms with Gasteiger partial charge in [-0.1, -0.05) is 36.4 Å². The first-order valence-electron chi connectivity index (χ1n) is 9.01. The van der Waals surface area contributed by atoms with Crippen LogP contribution in [0.25, 0.3) is 11.0 Å². The number of hydrogen-bond donors (Lipinski definition) is 1. The standard InChI is InChI=1S/C22H21N3O2S/c1-16-10-17(2)12-20(11-16)28(26,27)24-19-8-9-22-21(13-19)23-15-25(22)14-18-6-4-3-5-7-18/h3-13,15,24H,14H2,1-2H3. The largest absolute Gasteiger partial charge is 0.326 e. The van der Waals surface area contributed by atoms with Crippen LogP contribution in [0.3, 0.4) is 0 Å². The summed E-state index contributed by atoms with van der Waals surface area (Å²) in [5.74, 6) is 0. The summed E-state index contributed by atoms with van der Waals surface area (Å²) < 4.78 is 30.2. The van der Waals surface area contributed by atoms with E-state index < -0.39 is 10.0 Å². The number of imidazole rings is 1. The van der Waals surface area contributed by atoms with E-state index in [0.717, 1.165) is 22.2 Å². The quantitative estimate of drug-likeness (QED) is 0.545. The Kier molecular flexibility index (Phi) is 4.65. The molecule has 0 aliphatic carbocycles. The Bertz CT molecular complexity index is 1230. The molecular formula is C22H21N3O2S. The molecule has 6 heteroatoms. The fourth-order valence-electron chi connectivity index (χ4n) is 3.34. The number of anilines is 1. The summed E-state index contributed by atoms with van der Waals surface area (Å²) in [7, 11) is -3.65. The van der Waals surface area contributed by atoms with Crippen molar-refractivity contribution in [3.8, 4) is 0 Å². The van der Waals surface area contributed by atoms with E-state index in [9.17, 15) is 8.42 Å². The van der Waals surface area contributed by atoms with Crippen LogP contribution in [0.1, 0.15) is 16.7 Å². The highest BCUT2D eigenvalue weighted by Crippen LogP contribution is 2.23. The van der Waals surface area contributed by atoms with Gasteiger partial charge in [0.2, 0.25) is 0 Å². The molecule has 0 spiro atoms. The summed E-state index contributed by atoms with van der Waals surface area (Å²) in [6.45, 7) is 4.49. The van der Waals surface area contributed by atoms with Crippen molar-refractivity contribution in [3.05, 3.63) is 89.7 Å². The Morgan fingerprint density at radius 2 is 1.64 bits per heavy atom. The van der Waals surface area contributed by atoms with Crippen molar-refractivity contribution in [2.24, 2.45) is 0 Å². The van der Waals surface area contributed by atoms with Crippen LogP contribution in [-0.2, 0) is 16.6 Å². The van der Waals surface area contributed by atoms with Gasteiger partial charge >= 0.3 is 0 Å². The molecule has 0 saturated heterocycles. The van der Waals surface area contributed by atoms with E-state index in [1.54, 1.807) is 30.6 Å². The van der Waals surface area contributed by atoms with Gasteiger partial charge in [0.15, 0.2) is 0 Å². The molecule has 0 atom stereocenters. The maximum Gasteiger partial charge on any atom is 0.261 e. The minimum Gasteiger partial charge on any atom is -0.326 e. The molecule has 3 aromatic carbocycles. The van der Waals surface area contributed by atoms with Crippen LogP contribution in [0.15, 0.2) is 78.0 Å². The summed E-state index contributed by atoms with van der Waals surface area (Å²) in [5.41, 5.74) is 5.21. The highest BCUT2D eigenvalue weighted by Gasteiger charge is 2.16. The molecule has 0 aliphatic rings. The summed E-state index contributed by atoms with van der Waals surface area (Å²) in [5, 5.41) is 0.